The minimum absolute atomic E-state index is 0. The van der Waals surface area contributed by atoms with Crippen LogP contribution in [0.4, 0.5) is 0 Å². The summed E-state index contributed by atoms with van der Waals surface area (Å²) in [5, 5.41) is 1.89. The topological polar surface area (TPSA) is 0 Å². The molecule has 0 saturated heterocycles. The van der Waals surface area contributed by atoms with E-state index >= 15 is 0 Å². The first-order valence-corrected chi connectivity index (χ1v) is 11.2. The third kappa shape index (κ3) is 3.63. The SMILES string of the molecule is CC[Si](CC)(c1ccccc1)C1(C)C(C)=C(C)C(C)=[C]1[Ti+3].[Cl-].[Cl-].[Cl-]. The van der Waals surface area contributed by atoms with Crippen LogP contribution in [0.5, 0.6) is 0 Å². The molecule has 1 aromatic rings. The first-order valence-electron chi connectivity index (χ1n) is 8.03. The van der Waals surface area contributed by atoms with Gasteiger partial charge in [0.25, 0.3) is 0 Å². The summed E-state index contributed by atoms with van der Waals surface area (Å²) in [4.78, 5) is 0. The van der Waals surface area contributed by atoms with Gasteiger partial charge in [0.2, 0.25) is 0 Å². The Kier molecular flexibility index (Phi) is 11.1. The normalized spacial score (nSPS) is 20.3. The number of rotatable bonds is 4. The van der Waals surface area contributed by atoms with Crippen LogP contribution in [0.25, 0.3) is 0 Å². The van der Waals surface area contributed by atoms with Crippen LogP contribution in [0, 0.1) is 0 Å². The van der Waals surface area contributed by atoms with Gasteiger partial charge in [-0.2, -0.15) is 0 Å². The summed E-state index contributed by atoms with van der Waals surface area (Å²) < 4.78 is 1.62. The van der Waals surface area contributed by atoms with Crippen molar-refractivity contribution in [1.29, 1.82) is 0 Å². The molecule has 2 rings (SSSR count). The molecule has 1 aliphatic carbocycles. The van der Waals surface area contributed by atoms with Crippen molar-refractivity contribution in [1.82, 2.24) is 0 Å². The van der Waals surface area contributed by atoms with Crippen molar-refractivity contribution in [2.45, 2.75) is 58.7 Å². The van der Waals surface area contributed by atoms with Gasteiger partial charge in [-0.3, -0.25) is 0 Å². The molecule has 0 heterocycles. The number of hydrogen-bond acceptors (Lipinski definition) is 0. The standard InChI is InChI=1S/C19H27Si.3ClH.Ti/c1-7-20(8-2,18-12-10-9-11-13-18)19(6)14-15(3)16(4)17(19)5;;;;/h9-13H,7-8H2,1-6H3;3*1H;/q;;;;+3/p-3. The zero-order valence-electron chi connectivity index (χ0n) is 15.4. The van der Waals surface area contributed by atoms with Crippen molar-refractivity contribution in [3.8, 4) is 0 Å². The second-order valence-electron chi connectivity index (χ2n) is 6.53. The monoisotopic (exact) mass is 436 g/mol. The van der Waals surface area contributed by atoms with Gasteiger partial charge in [-0.05, 0) is 0 Å². The predicted molar refractivity (Wildman–Crippen MR) is 92.2 cm³/mol. The van der Waals surface area contributed by atoms with Crippen LogP contribution >= 0.6 is 0 Å². The van der Waals surface area contributed by atoms with Gasteiger partial charge in [-0.25, -0.2) is 0 Å². The molecule has 1 aromatic carbocycles. The molecule has 1 aliphatic rings. The molecule has 0 bridgehead atoms. The first kappa shape index (κ1) is 26.7. The summed E-state index contributed by atoms with van der Waals surface area (Å²) >= 11 is 2.38. The smallest absolute Gasteiger partial charge is 1.00 e. The molecule has 132 valence electrons. The van der Waals surface area contributed by atoms with Crippen molar-refractivity contribution in [3.05, 3.63) is 50.9 Å². The van der Waals surface area contributed by atoms with Gasteiger partial charge in [-0.1, -0.05) is 0 Å². The molecule has 0 aliphatic heterocycles. The maximum absolute atomic E-state index is 2.53. The summed E-state index contributed by atoms with van der Waals surface area (Å²) in [5.41, 5.74) is 4.69. The Labute approximate surface area is 179 Å². The summed E-state index contributed by atoms with van der Waals surface area (Å²) in [5.74, 6) is 0. The van der Waals surface area contributed by atoms with Gasteiger partial charge in [0.15, 0.2) is 0 Å². The third-order valence-electron chi connectivity index (χ3n) is 6.24. The van der Waals surface area contributed by atoms with Gasteiger partial charge in [-0.15, -0.1) is 0 Å². The minimum atomic E-state index is -1.64. The molecule has 5 heteroatoms. The number of benzene rings is 1. The van der Waals surface area contributed by atoms with Crippen molar-refractivity contribution >= 4 is 13.3 Å². The predicted octanol–water partition coefficient (Wildman–Crippen LogP) is -3.67. The fourth-order valence-electron chi connectivity index (χ4n) is 4.42. The Balaban J connectivity index is 0. The van der Waals surface area contributed by atoms with Gasteiger partial charge < -0.3 is 37.2 Å². The molecule has 0 saturated carbocycles. The van der Waals surface area contributed by atoms with E-state index in [0.717, 1.165) is 0 Å². The van der Waals surface area contributed by atoms with Crippen molar-refractivity contribution in [2.75, 3.05) is 0 Å². The van der Waals surface area contributed by atoms with Crippen LogP contribution < -0.4 is 42.4 Å². The molecule has 0 fully saturated rings. The Morgan fingerprint density at radius 3 is 1.67 bits per heavy atom. The van der Waals surface area contributed by atoms with Crippen LogP contribution in [0.15, 0.2) is 50.9 Å². The van der Waals surface area contributed by atoms with E-state index in [1.165, 1.54) is 23.2 Å². The van der Waals surface area contributed by atoms with E-state index < -0.39 is 8.07 Å². The molecule has 0 radical (unpaired) electrons. The Hall–Kier alpha value is 0.501. The Bertz CT molecular complexity index is 580. The van der Waals surface area contributed by atoms with E-state index in [-0.39, 0.29) is 42.3 Å². The van der Waals surface area contributed by atoms with Gasteiger partial charge in [0, 0.05) is 0 Å². The maximum Gasteiger partial charge on any atom is -1.00 e. The van der Waals surface area contributed by atoms with Crippen LogP contribution in [-0.4, -0.2) is 8.07 Å². The number of hydrogen-bond donors (Lipinski definition) is 0. The molecular weight excluding hydrogens is 411 g/mol. The third-order valence-corrected chi connectivity index (χ3v) is 14.4. The second-order valence-corrected chi connectivity index (χ2v) is 12.5. The fourth-order valence-corrected chi connectivity index (χ4v) is 11.8. The first-order chi connectivity index (χ1) is 9.86. The Morgan fingerprint density at radius 1 is 0.875 bits per heavy atom. The number of halogens is 3. The van der Waals surface area contributed by atoms with Gasteiger partial charge >= 0.3 is 143 Å². The van der Waals surface area contributed by atoms with E-state index in [1.807, 2.05) is 0 Å². The van der Waals surface area contributed by atoms with Crippen LogP contribution in [0.3, 0.4) is 0 Å². The van der Waals surface area contributed by atoms with Crippen LogP contribution in [-0.2, 0) is 20.4 Å². The largest absolute Gasteiger partial charge is 1.00 e. The average Bonchev–Trinajstić information content (AvgIpc) is 2.67. The summed E-state index contributed by atoms with van der Waals surface area (Å²) in [6, 6.07) is 14.0. The second kappa shape index (κ2) is 10.00. The zero-order valence-corrected chi connectivity index (χ0v) is 20.3. The molecule has 0 spiro atoms. The van der Waals surface area contributed by atoms with E-state index in [9.17, 15) is 0 Å². The van der Waals surface area contributed by atoms with Gasteiger partial charge in [0.1, 0.15) is 0 Å². The van der Waals surface area contributed by atoms with E-state index in [0.29, 0.717) is 0 Å². The number of allylic oxidation sites excluding steroid dienone is 4. The summed E-state index contributed by atoms with van der Waals surface area (Å²) in [6.45, 7) is 14.4. The maximum atomic E-state index is 2.53. The average molecular weight is 438 g/mol. The van der Waals surface area contributed by atoms with Gasteiger partial charge in [0.05, 0.1) is 0 Å². The van der Waals surface area contributed by atoms with Crippen molar-refractivity contribution in [2.24, 2.45) is 0 Å². The molecular formula is C19H27Cl3SiTi. The minimum Gasteiger partial charge on any atom is -1.00 e. The summed E-state index contributed by atoms with van der Waals surface area (Å²) in [7, 11) is -1.64. The van der Waals surface area contributed by atoms with Crippen LogP contribution in [0.1, 0.15) is 41.5 Å². The molecule has 0 N–H and O–H groups in total. The molecule has 1 atom stereocenters. The molecule has 0 nitrogen and oxygen atoms in total. The molecule has 24 heavy (non-hydrogen) atoms. The molecule has 1 unspecified atom stereocenters. The zero-order chi connectivity index (χ0) is 15.8. The van der Waals surface area contributed by atoms with Crippen molar-refractivity contribution in [3.63, 3.8) is 0 Å². The fraction of sp³-hybridized carbons (Fsp3) is 0.474. The summed E-state index contributed by atoms with van der Waals surface area (Å²) in [6.07, 6.45) is 0. The molecule has 0 aromatic heterocycles. The van der Waals surface area contributed by atoms with Crippen molar-refractivity contribution < 1.29 is 57.7 Å². The van der Waals surface area contributed by atoms with E-state index in [1.54, 1.807) is 14.6 Å². The quantitative estimate of drug-likeness (QED) is 0.426. The van der Waals surface area contributed by atoms with Crippen LogP contribution in [0.2, 0.25) is 17.1 Å². The van der Waals surface area contributed by atoms with E-state index in [2.05, 4.69) is 92.3 Å². The van der Waals surface area contributed by atoms with E-state index in [4.69, 9.17) is 0 Å². The Morgan fingerprint density at radius 2 is 1.33 bits per heavy atom. The molecule has 0 amide bonds.